The molecule has 6 heteroatoms. The average molecular weight is 300 g/mol. The van der Waals surface area contributed by atoms with E-state index in [4.69, 9.17) is 0 Å². The summed E-state index contributed by atoms with van der Waals surface area (Å²) in [5.74, 6) is -0.951. The Labute approximate surface area is 121 Å². The minimum Gasteiger partial charge on any atom is -0.349 e. The van der Waals surface area contributed by atoms with Gasteiger partial charge in [-0.25, -0.2) is 0 Å². The van der Waals surface area contributed by atoms with E-state index in [0.29, 0.717) is 0 Å². The number of aryl methyl sites for hydroxylation is 1. The van der Waals surface area contributed by atoms with Gasteiger partial charge in [0.2, 0.25) is 5.91 Å². The van der Waals surface area contributed by atoms with Crippen LogP contribution in [0.15, 0.2) is 24.3 Å². The van der Waals surface area contributed by atoms with Crippen LogP contribution in [0.25, 0.3) is 0 Å². The highest BCUT2D eigenvalue weighted by Crippen LogP contribution is 2.43. The fourth-order valence-electron chi connectivity index (χ4n) is 2.53. The third-order valence-electron chi connectivity index (χ3n) is 4.06. The first-order valence-corrected chi connectivity index (χ1v) is 6.91. The van der Waals surface area contributed by atoms with E-state index in [0.717, 1.165) is 11.1 Å². The Morgan fingerprint density at radius 1 is 1.33 bits per heavy atom. The summed E-state index contributed by atoms with van der Waals surface area (Å²) in [7, 11) is 0. The highest BCUT2D eigenvalue weighted by molar-refractivity contribution is 5.84. The Hall–Kier alpha value is -1.56. The van der Waals surface area contributed by atoms with Gasteiger partial charge in [-0.1, -0.05) is 29.8 Å². The molecule has 0 saturated carbocycles. The normalized spacial score (nSPS) is 23.9. The lowest BCUT2D eigenvalue weighted by molar-refractivity contribution is -0.216. The smallest absolute Gasteiger partial charge is 0.349 e. The minimum absolute atomic E-state index is 0.200. The molecule has 1 aromatic carbocycles. The summed E-state index contributed by atoms with van der Waals surface area (Å²) < 4.78 is 39.8. The number of benzene rings is 1. The second-order valence-corrected chi connectivity index (χ2v) is 5.61. The van der Waals surface area contributed by atoms with Gasteiger partial charge in [0.05, 0.1) is 6.04 Å². The quantitative estimate of drug-likeness (QED) is 0.901. The molecule has 0 radical (unpaired) electrons. The molecule has 1 saturated heterocycles. The van der Waals surface area contributed by atoms with Crippen LogP contribution >= 0.6 is 0 Å². The van der Waals surface area contributed by atoms with Crippen molar-refractivity contribution in [2.45, 2.75) is 32.5 Å². The van der Waals surface area contributed by atoms with Crippen LogP contribution in [0.4, 0.5) is 13.2 Å². The zero-order valence-corrected chi connectivity index (χ0v) is 12.1. The van der Waals surface area contributed by atoms with E-state index in [1.165, 1.54) is 0 Å². The van der Waals surface area contributed by atoms with Crippen molar-refractivity contribution >= 4 is 5.91 Å². The molecule has 1 aliphatic heterocycles. The van der Waals surface area contributed by atoms with Crippen LogP contribution in [0, 0.1) is 12.3 Å². The standard InChI is InChI=1S/C15H19F3N2O/c1-10-3-5-12(6-4-10)11(2)20-13(21)14(15(16,17)18)7-8-19-9-14/h3-6,11,19H,7-9H2,1-2H3,(H,20,21)/t11-,14?/m1/s1. The summed E-state index contributed by atoms with van der Waals surface area (Å²) in [5, 5.41) is 5.15. The first kappa shape index (κ1) is 15.8. The number of alkyl halides is 3. The van der Waals surface area contributed by atoms with Crippen LogP contribution in [0.5, 0.6) is 0 Å². The molecule has 0 spiro atoms. The lowest BCUT2D eigenvalue weighted by Crippen LogP contribution is -2.52. The van der Waals surface area contributed by atoms with Crippen molar-refractivity contribution in [3.8, 4) is 0 Å². The fraction of sp³-hybridized carbons (Fsp3) is 0.533. The van der Waals surface area contributed by atoms with E-state index < -0.39 is 23.5 Å². The van der Waals surface area contributed by atoms with Gasteiger partial charge in [-0.3, -0.25) is 4.79 Å². The number of halogens is 3. The highest BCUT2D eigenvalue weighted by atomic mass is 19.4. The number of hydrogen-bond donors (Lipinski definition) is 2. The van der Waals surface area contributed by atoms with Gasteiger partial charge in [-0.15, -0.1) is 0 Å². The molecular weight excluding hydrogens is 281 g/mol. The van der Waals surface area contributed by atoms with Crippen LogP contribution in [0.3, 0.4) is 0 Å². The maximum absolute atomic E-state index is 13.3. The molecular formula is C15H19F3N2O. The van der Waals surface area contributed by atoms with Gasteiger partial charge in [-0.05, 0) is 32.4 Å². The fourth-order valence-corrected chi connectivity index (χ4v) is 2.53. The maximum atomic E-state index is 13.3. The molecule has 116 valence electrons. The Morgan fingerprint density at radius 2 is 1.95 bits per heavy atom. The van der Waals surface area contributed by atoms with Crippen LogP contribution in [0.1, 0.15) is 30.5 Å². The third kappa shape index (κ3) is 3.05. The monoisotopic (exact) mass is 300 g/mol. The van der Waals surface area contributed by atoms with Crippen LogP contribution in [-0.2, 0) is 4.79 Å². The summed E-state index contributed by atoms with van der Waals surface area (Å²) in [6, 6.07) is 6.90. The van der Waals surface area contributed by atoms with Crippen molar-refractivity contribution in [1.82, 2.24) is 10.6 Å². The molecule has 21 heavy (non-hydrogen) atoms. The van der Waals surface area contributed by atoms with E-state index in [1.807, 2.05) is 31.2 Å². The van der Waals surface area contributed by atoms with E-state index >= 15 is 0 Å². The molecule has 1 aromatic rings. The predicted molar refractivity (Wildman–Crippen MR) is 73.7 cm³/mol. The van der Waals surface area contributed by atoms with E-state index in [1.54, 1.807) is 6.92 Å². The van der Waals surface area contributed by atoms with Crippen LogP contribution < -0.4 is 10.6 Å². The summed E-state index contributed by atoms with van der Waals surface area (Å²) in [6.45, 7) is 3.46. The van der Waals surface area contributed by atoms with E-state index in [2.05, 4.69) is 10.6 Å². The molecule has 0 aliphatic carbocycles. The molecule has 0 aromatic heterocycles. The predicted octanol–water partition coefficient (Wildman–Crippen LogP) is 2.71. The summed E-state index contributed by atoms with van der Waals surface area (Å²) in [6.07, 6.45) is -4.77. The zero-order chi connectivity index (χ0) is 15.7. The number of amides is 1. The maximum Gasteiger partial charge on any atom is 0.404 e. The Bertz CT molecular complexity index is 505. The first-order valence-electron chi connectivity index (χ1n) is 6.91. The van der Waals surface area contributed by atoms with Crippen molar-refractivity contribution in [2.75, 3.05) is 13.1 Å². The molecule has 2 N–H and O–H groups in total. The molecule has 2 atom stereocenters. The van der Waals surface area contributed by atoms with Gasteiger partial charge in [-0.2, -0.15) is 13.2 Å². The van der Waals surface area contributed by atoms with Crippen molar-refractivity contribution < 1.29 is 18.0 Å². The van der Waals surface area contributed by atoms with Gasteiger partial charge >= 0.3 is 6.18 Å². The van der Waals surface area contributed by atoms with Crippen molar-refractivity contribution in [3.63, 3.8) is 0 Å². The Kier molecular flexibility index (Phi) is 4.27. The number of rotatable bonds is 3. The van der Waals surface area contributed by atoms with Gasteiger partial charge in [0.1, 0.15) is 0 Å². The summed E-state index contributed by atoms with van der Waals surface area (Å²) >= 11 is 0. The molecule has 1 fully saturated rings. The highest BCUT2D eigenvalue weighted by Gasteiger charge is 2.61. The second-order valence-electron chi connectivity index (χ2n) is 5.61. The Balaban J connectivity index is 2.14. The summed E-state index contributed by atoms with van der Waals surface area (Å²) in [4.78, 5) is 12.2. The number of carbonyl (C=O) groups is 1. The lowest BCUT2D eigenvalue weighted by atomic mass is 9.84. The van der Waals surface area contributed by atoms with Crippen molar-refractivity contribution in [2.24, 2.45) is 5.41 Å². The van der Waals surface area contributed by atoms with Crippen LogP contribution in [0.2, 0.25) is 0 Å². The first-order chi connectivity index (χ1) is 9.76. The molecule has 2 rings (SSSR count). The lowest BCUT2D eigenvalue weighted by Gasteiger charge is -2.31. The molecule has 1 heterocycles. The van der Waals surface area contributed by atoms with Crippen LogP contribution in [-0.4, -0.2) is 25.2 Å². The molecule has 3 nitrogen and oxygen atoms in total. The van der Waals surface area contributed by atoms with E-state index in [9.17, 15) is 18.0 Å². The van der Waals surface area contributed by atoms with Crippen molar-refractivity contribution in [3.05, 3.63) is 35.4 Å². The molecule has 1 unspecified atom stereocenters. The van der Waals surface area contributed by atoms with Gasteiger partial charge in [0.25, 0.3) is 0 Å². The number of carbonyl (C=O) groups excluding carboxylic acids is 1. The Morgan fingerprint density at radius 3 is 2.43 bits per heavy atom. The van der Waals surface area contributed by atoms with Gasteiger partial charge in [0, 0.05) is 6.54 Å². The average Bonchev–Trinajstić information content (AvgIpc) is 2.89. The van der Waals surface area contributed by atoms with Crippen molar-refractivity contribution in [1.29, 1.82) is 0 Å². The van der Waals surface area contributed by atoms with E-state index in [-0.39, 0.29) is 19.5 Å². The number of hydrogen-bond acceptors (Lipinski definition) is 2. The zero-order valence-electron chi connectivity index (χ0n) is 12.1. The number of nitrogens with one attached hydrogen (secondary N) is 2. The molecule has 0 bridgehead atoms. The van der Waals surface area contributed by atoms with Gasteiger partial charge in [0.15, 0.2) is 5.41 Å². The second kappa shape index (κ2) is 5.67. The topological polar surface area (TPSA) is 41.1 Å². The summed E-state index contributed by atoms with van der Waals surface area (Å²) in [5.41, 5.74) is -0.465. The molecule has 1 amide bonds. The minimum atomic E-state index is -4.55. The third-order valence-corrected chi connectivity index (χ3v) is 4.06. The molecule has 1 aliphatic rings. The largest absolute Gasteiger partial charge is 0.404 e. The van der Waals surface area contributed by atoms with Gasteiger partial charge < -0.3 is 10.6 Å². The SMILES string of the molecule is Cc1ccc([C@@H](C)NC(=O)C2(C(F)(F)F)CCNC2)cc1.